The van der Waals surface area contributed by atoms with Crippen molar-refractivity contribution in [2.45, 2.75) is 6.92 Å². The Morgan fingerprint density at radius 1 is 1.26 bits per heavy atom. The molecule has 1 amide bonds. The van der Waals surface area contributed by atoms with Crippen LogP contribution in [0.15, 0.2) is 40.9 Å². The summed E-state index contributed by atoms with van der Waals surface area (Å²) in [6, 6.07) is 9.24. The molecule has 0 saturated heterocycles. The van der Waals surface area contributed by atoms with Crippen LogP contribution in [0.5, 0.6) is 0 Å². The lowest BCUT2D eigenvalue weighted by Gasteiger charge is -2.10. The van der Waals surface area contributed by atoms with Gasteiger partial charge in [-0.25, -0.2) is 4.39 Å². The van der Waals surface area contributed by atoms with E-state index < -0.39 is 5.82 Å². The molecule has 0 heterocycles. The molecule has 3 nitrogen and oxygen atoms in total. The van der Waals surface area contributed by atoms with Gasteiger partial charge in [-0.15, -0.1) is 0 Å². The Labute approximate surface area is 118 Å². The SMILES string of the molecule is Cc1ccc(Br)cc1C(=O)Nc1cc(F)ccc1N. The highest BCUT2D eigenvalue weighted by Gasteiger charge is 2.11. The van der Waals surface area contributed by atoms with E-state index in [1.54, 1.807) is 6.07 Å². The van der Waals surface area contributed by atoms with Gasteiger partial charge in [0.1, 0.15) is 5.82 Å². The second kappa shape index (κ2) is 5.40. The minimum Gasteiger partial charge on any atom is -0.397 e. The molecule has 0 atom stereocenters. The summed E-state index contributed by atoms with van der Waals surface area (Å²) in [7, 11) is 0. The highest BCUT2D eigenvalue weighted by atomic mass is 79.9. The largest absolute Gasteiger partial charge is 0.397 e. The molecule has 19 heavy (non-hydrogen) atoms. The molecule has 0 aliphatic heterocycles. The molecule has 2 rings (SSSR count). The quantitative estimate of drug-likeness (QED) is 0.828. The fourth-order valence-corrected chi connectivity index (χ4v) is 2.03. The topological polar surface area (TPSA) is 55.1 Å². The van der Waals surface area contributed by atoms with Crippen LogP contribution in [-0.2, 0) is 0 Å². The summed E-state index contributed by atoms with van der Waals surface area (Å²) in [5.41, 5.74) is 7.62. The molecular formula is C14H12BrFN2O. The number of carbonyl (C=O) groups is 1. The highest BCUT2D eigenvalue weighted by molar-refractivity contribution is 9.10. The fourth-order valence-electron chi connectivity index (χ4n) is 1.67. The summed E-state index contributed by atoms with van der Waals surface area (Å²) in [6.07, 6.45) is 0. The number of aryl methyl sites for hydroxylation is 1. The Kier molecular flexibility index (Phi) is 3.85. The second-order valence-electron chi connectivity index (χ2n) is 4.14. The van der Waals surface area contributed by atoms with Crippen molar-refractivity contribution < 1.29 is 9.18 Å². The Morgan fingerprint density at radius 2 is 2.00 bits per heavy atom. The molecule has 0 aliphatic rings. The van der Waals surface area contributed by atoms with Crippen LogP contribution in [0.4, 0.5) is 15.8 Å². The molecule has 0 spiro atoms. The number of amides is 1. The molecular weight excluding hydrogens is 311 g/mol. The third-order valence-corrected chi connectivity index (χ3v) is 3.20. The molecule has 0 fully saturated rings. The number of halogens is 2. The van der Waals surface area contributed by atoms with Crippen molar-refractivity contribution in [3.05, 3.63) is 57.8 Å². The second-order valence-corrected chi connectivity index (χ2v) is 5.06. The number of nitrogen functional groups attached to an aromatic ring is 1. The van der Waals surface area contributed by atoms with Crippen LogP contribution in [-0.4, -0.2) is 5.91 Å². The summed E-state index contributed by atoms with van der Waals surface area (Å²) in [4.78, 5) is 12.1. The number of benzene rings is 2. The first kappa shape index (κ1) is 13.5. The minimum atomic E-state index is -0.449. The lowest BCUT2D eigenvalue weighted by Crippen LogP contribution is -2.14. The Hall–Kier alpha value is -1.88. The third-order valence-electron chi connectivity index (χ3n) is 2.71. The zero-order chi connectivity index (χ0) is 14.0. The van der Waals surface area contributed by atoms with Crippen LogP contribution in [0, 0.1) is 12.7 Å². The van der Waals surface area contributed by atoms with Crippen LogP contribution in [0.25, 0.3) is 0 Å². The molecule has 0 aliphatic carbocycles. The molecule has 3 N–H and O–H groups in total. The maximum absolute atomic E-state index is 13.1. The number of anilines is 2. The first-order valence-corrected chi connectivity index (χ1v) is 6.39. The van der Waals surface area contributed by atoms with Gasteiger partial charge in [-0.1, -0.05) is 22.0 Å². The zero-order valence-corrected chi connectivity index (χ0v) is 11.8. The lowest BCUT2D eigenvalue weighted by atomic mass is 10.1. The monoisotopic (exact) mass is 322 g/mol. The summed E-state index contributed by atoms with van der Waals surface area (Å²) >= 11 is 3.31. The molecule has 0 aromatic heterocycles. The van der Waals surface area contributed by atoms with Crippen molar-refractivity contribution >= 4 is 33.2 Å². The Balaban J connectivity index is 2.30. The van der Waals surface area contributed by atoms with Crippen molar-refractivity contribution in [3.63, 3.8) is 0 Å². The van der Waals surface area contributed by atoms with E-state index in [9.17, 15) is 9.18 Å². The Morgan fingerprint density at radius 3 is 2.74 bits per heavy atom. The van der Waals surface area contributed by atoms with E-state index in [2.05, 4.69) is 21.2 Å². The van der Waals surface area contributed by atoms with Gasteiger partial charge in [0.05, 0.1) is 11.4 Å². The third kappa shape index (κ3) is 3.12. The molecule has 98 valence electrons. The predicted molar refractivity (Wildman–Crippen MR) is 77.6 cm³/mol. The van der Waals surface area contributed by atoms with Crippen molar-refractivity contribution in [3.8, 4) is 0 Å². The van der Waals surface area contributed by atoms with Crippen LogP contribution >= 0.6 is 15.9 Å². The number of nitrogens with two attached hydrogens (primary N) is 1. The Bertz CT molecular complexity index is 643. The molecule has 2 aromatic carbocycles. The molecule has 5 heteroatoms. The van der Waals surface area contributed by atoms with Gasteiger partial charge in [0, 0.05) is 10.0 Å². The number of hydrogen-bond acceptors (Lipinski definition) is 2. The average molecular weight is 323 g/mol. The number of nitrogens with one attached hydrogen (secondary N) is 1. The van der Waals surface area contributed by atoms with Gasteiger partial charge in [0.15, 0.2) is 0 Å². The van der Waals surface area contributed by atoms with E-state index in [0.717, 1.165) is 10.0 Å². The maximum atomic E-state index is 13.1. The smallest absolute Gasteiger partial charge is 0.256 e. The lowest BCUT2D eigenvalue weighted by molar-refractivity contribution is 0.102. The van der Waals surface area contributed by atoms with Gasteiger partial charge in [0.2, 0.25) is 0 Å². The molecule has 0 bridgehead atoms. The maximum Gasteiger partial charge on any atom is 0.256 e. The standard InChI is InChI=1S/C14H12BrFN2O/c1-8-2-3-9(15)6-11(8)14(19)18-13-7-10(16)4-5-12(13)17/h2-7H,17H2,1H3,(H,18,19). The normalized spacial score (nSPS) is 10.3. The van der Waals surface area contributed by atoms with E-state index in [1.165, 1.54) is 18.2 Å². The van der Waals surface area contributed by atoms with Crippen LogP contribution in [0.2, 0.25) is 0 Å². The summed E-state index contributed by atoms with van der Waals surface area (Å²) in [5, 5.41) is 2.61. The van der Waals surface area contributed by atoms with Gasteiger partial charge >= 0.3 is 0 Å². The van der Waals surface area contributed by atoms with Gasteiger partial charge in [-0.05, 0) is 42.8 Å². The minimum absolute atomic E-state index is 0.268. The first-order valence-electron chi connectivity index (χ1n) is 5.60. The fraction of sp³-hybridized carbons (Fsp3) is 0.0714. The van der Waals surface area contributed by atoms with Crippen LogP contribution in [0.1, 0.15) is 15.9 Å². The summed E-state index contributed by atoms with van der Waals surface area (Å²) in [5.74, 6) is -0.772. The van der Waals surface area contributed by atoms with Crippen molar-refractivity contribution in [1.29, 1.82) is 0 Å². The predicted octanol–water partition coefficient (Wildman–Crippen LogP) is 3.73. The van der Waals surface area contributed by atoms with Gasteiger partial charge in [-0.3, -0.25) is 4.79 Å². The number of hydrogen-bond donors (Lipinski definition) is 2. The number of rotatable bonds is 2. The molecule has 2 aromatic rings. The van der Waals surface area contributed by atoms with Crippen molar-refractivity contribution in [1.82, 2.24) is 0 Å². The first-order chi connectivity index (χ1) is 8.97. The summed E-state index contributed by atoms with van der Waals surface area (Å²) in [6.45, 7) is 1.83. The van der Waals surface area contributed by atoms with Crippen molar-refractivity contribution in [2.75, 3.05) is 11.1 Å². The van der Waals surface area contributed by atoms with Crippen LogP contribution in [0.3, 0.4) is 0 Å². The highest BCUT2D eigenvalue weighted by Crippen LogP contribution is 2.22. The molecule has 0 radical (unpaired) electrons. The van der Waals surface area contributed by atoms with E-state index in [1.807, 2.05) is 19.1 Å². The van der Waals surface area contributed by atoms with E-state index in [0.29, 0.717) is 11.3 Å². The molecule has 0 unspecified atom stereocenters. The van der Waals surface area contributed by atoms with Crippen LogP contribution < -0.4 is 11.1 Å². The van der Waals surface area contributed by atoms with Crippen molar-refractivity contribution in [2.24, 2.45) is 0 Å². The van der Waals surface area contributed by atoms with Gasteiger partial charge in [-0.2, -0.15) is 0 Å². The van der Waals surface area contributed by atoms with Gasteiger partial charge < -0.3 is 11.1 Å². The summed E-state index contributed by atoms with van der Waals surface area (Å²) < 4.78 is 13.9. The molecule has 0 saturated carbocycles. The van der Waals surface area contributed by atoms with E-state index in [4.69, 9.17) is 5.73 Å². The average Bonchev–Trinajstić information content (AvgIpc) is 2.36. The van der Waals surface area contributed by atoms with E-state index >= 15 is 0 Å². The van der Waals surface area contributed by atoms with E-state index in [-0.39, 0.29) is 11.6 Å². The van der Waals surface area contributed by atoms with Gasteiger partial charge in [0.25, 0.3) is 5.91 Å². The zero-order valence-electron chi connectivity index (χ0n) is 10.2. The number of carbonyl (C=O) groups excluding carboxylic acids is 1.